The molecule has 2 aromatic heterocycles. The molecule has 2 N–H and O–H groups in total. The molecule has 10 aliphatic rings. The molecule has 0 bridgehead atoms. The van der Waals surface area contributed by atoms with Crippen molar-refractivity contribution in [2.45, 2.75) is 192 Å². The fourth-order valence-electron chi connectivity index (χ4n) is 15.4. The van der Waals surface area contributed by atoms with Crippen LogP contribution in [-0.2, 0) is 74.6 Å². The average molecular weight is 1390 g/mol. The molecule has 524 valence electrons. The summed E-state index contributed by atoms with van der Waals surface area (Å²) in [6, 6.07) is 8.29. The van der Waals surface area contributed by atoms with E-state index in [4.69, 9.17) is 47.2 Å². The molecule has 0 radical (unpaired) electrons. The fourth-order valence-corrected chi connectivity index (χ4v) is 15.9. The Morgan fingerprint density at radius 2 is 1.02 bits per heavy atom. The monoisotopic (exact) mass is 1390 g/mol. The number of halogens is 8. The highest BCUT2D eigenvalue weighted by molar-refractivity contribution is 6.34. The first-order valence-corrected chi connectivity index (χ1v) is 34.7. The van der Waals surface area contributed by atoms with Gasteiger partial charge in [0.05, 0.1) is 99.0 Å². The Hall–Kier alpha value is -6.40. The Morgan fingerprint density at radius 1 is 0.588 bits per heavy atom. The SMILES string of the molecule is C1CC2(CN1)COC2.CC(C)(C)OC(=O)[C@@H]1CC=C(c2nn(C(=O)c3c(Cl)cccc3C3(C(F)(F)F)CC3)c3c2CC[C@@H](C(=O)N2CCC4(COC4)C2)C3)CC1.CC(C)(C)OC(=O)[C@@H]1CC=C(c2nn(C(=O)c3c(Cl)cccc3C3(C(F)(F)F)CC3)c3c2CC[C@@H](C(=O)O)C3)CC1. The molecule has 97 heavy (non-hydrogen) atoms. The van der Waals surface area contributed by atoms with Crippen molar-refractivity contribution in [3.8, 4) is 0 Å². The van der Waals surface area contributed by atoms with Gasteiger partial charge in [-0.05, 0) is 185 Å². The standard InChI is InChI=1S/C36H41ClF3N3O5.C30H32ClF3N2O5.C6H11NO/c1-33(2,3)48-32(46)22-9-7-21(8-10-22)29-24-12-11-23(30(44)42-16-15-34(18-42)19-47-20-34)17-27(24)43(41-29)31(45)28-25(5-4-6-26(28)37)35(13-14-35)36(38,39)40;1-28(2,3)41-27(40)17-9-7-16(8-10-17)24-19-12-11-18(26(38)39)15-22(19)36(35-24)25(37)23-20(5-4-6-21(23)31)29(13-14-29)30(32,33)34;1-2-7-3-6(1)4-8-5-6/h4-7,22-23H,8-20H2,1-3H3;4-7,17-18H,8-15H2,1-3H3,(H,38,39);7H,1-5H2/t22-,23-;17-,18-;/m11./s1. The first-order valence-electron chi connectivity index (χ1n) is 33.9. The minimum absolute atomic E-state index is 0.0153. The molecule has 0 unspecified atom stereocenters. The Balaban J connectivity index is 0.000000167. The fraction of sp³-hybridized carbons (Fsp3) is 0.611. The number of allylic oxidation sites excluding steroid dienone is 4. The second-order valence-electron chi connectivity index (χ2n) is 30.6. The summed E-state index contributed by atoms with van der Waals surface area (Å²) in [7, 11) is 0. The van der Waals surface area contributed by atoms with Crippen molar-refractivity contribution in [3.63, 3.8) is 0 Å². The Kier molecular flexibility index (Phi) is 19.1. The number of fused-ring (bicyclic) bond motifs is 2. The van der Waals surface area contributed by atoms with Crippen LogP contribution in [0.25, 0.3) is 11.1 Å². The van der Waals surface area contributed by atoms with Crippen LogP contribution in [0.4, 0.5) is 26.3 Å². The average Bonchev–Trinajstić information content (AvgIpc) is 1.58. The minimum atomic E-state index is -4.56. The lowest BCUT2D eigenvalue weighted by Gasteiger charge is -2.38. The van der Waals surface area contributed by atoms with Crippen LogP contribution in [-0.4, -0.2) is 141 Å². The summed E-state index contributed by atoms with van der Waals surface area (Å²) in [5.74, 6) is -4.84. The highest BCUT2D eigenvalue weighted by Gasteiger charge is 2.66. The summed E-state index contributed by atoms with van der Waals surface area (Å²) >= 11 is 12.9. The van der Waals surface area contributed by atoms with Crippen molar-refractivity contribution in [1.29, 1.82) is 0 Å². The van der Waals surface area contributed by atoms with E-state index in [2.05, 4.69) is 10.4 Å². The molecule has 2 aromatic carbocycles. The summed E-state index contributed by atoms with van der Waals surface area (Å²) in [4.78, 5) is 81.4. The summed E-state index contributed by atoms with van der Waals surface area (Å²) in [5, 5.41) is 22.3. The molecule has 4 aromatic rings. The van der Waals surface area contributed by atoms with Gasteiger partial charge in [0.15, 0.2) is 0 Å². The Bertz CT molecular complexity index is 3850. The summed E-state index contributed by atoms with van der Waals surface area (Å²) in [5.41, 5.74) is -0.390. The molecule has 6 heterocycles. The van der Waals surface area contributed by atoms with Gasteiger partial charge in [-0.25, -0.2) is 0 Å². The Labute approximate surface area is 569 Å². The molecule has 4 saturated heterocycles. The number of esters is 2. The first kappa shape index (κ1) is 70.5. The van der Waals surface area contributed by atoms with Gasteiger partial charge in [0.2, 0.25) is 5.91 Å². The van der Waals surface area contributed by atoms with Gasteiger partial charge < -0.3 is 34.3 Å². The van der Waals surface area contributed by atoms with Crippen molar-refractivity contribution < 1.29 is 79.2 Å². The van der Waals surface area contributed by atoms with E-state index >= 15 is 0 Å². The van der Waals surface area contributed by atoms with Crippen molar-refractivity contribution in [2.75, 3.05) is 52.6 Å². The third kappa shape index (κ3) is 14.0. The highest BCUT2D eigenvalue weighted by Crippen LogP contribution is 2.62. The number of hydrogen-bond donors (Lipinski definition) is 2. The third-order valence-corrected chi connectivity index (χ3v) is 22.0. The molecule has 14 rings (SSSR count). The predicted octanol–water partition coefficient (Wildman–Crippen LogP) is 13.2. The number of likely N-dealkylation sites (tertiary alicyclic amines) is 1. The third-order valence-electron chi connectivity index (χ3n) is 21.3. The van der Waals surface area contributed by atoms with Crippen molar-refractivity contribution >= 4 is 70.0 Å². The number of aromatic nitrogens is 4. The number of benzene rings is 2. The van der Waals surface area contributed by atoms with Crippen LogP contribution in [0.5, 0.6) is 0 Å². The van der Waals surface area contributed by atoms with E-state index in [0.29, 0.717) is 124 Å². The van der Waals surface area contributed by atoms with Gasteiger partial charge in [-0.1, -0.05) is 59.6 Å². The number of hydrogen-bond acceptors (Lipinski definition) is 13. The topological polar surface area (TPSA) is 210 Å². The molecule has 17 nitrogen and oxygen atoms in total. The molecule has 2 saturated carbocycles. The van der Waals surface area contributed by atoms with Gasteiger partial charge in [-0.3, -0.25) is 28.8 Å². The molecular formula is C72H84Cl2F6N6O11. The number of amides is 1. The molecule has 6 fully saturated rings. The molecule has 1 amide bonds. The summed E-state index contributed by atoms with van der Waals surface area (Å²) in [6.07, 6.45) is 1.37. The van der Waals surface area contributed by atoms with Crippen molar-refractivity contribution in [1.82, 2.24) is 29.8 Å². The number of nitrogens with one attached hydrogen (secondary N) is 1. The van der Waals surface area contributed by atoms with Crippen LogP contribution in [0.15, 0.2) is 48.6 Å². The first-order chi connectivity index (χ1) is 45.7. The zero-order valence-corrected chi connectivity index (χ0v) is 57.1. The van der Waals surface area contributed by atoms with Gasteiger partial charge in [-0.15, -0.1) is 0 Å². The molecule has 4 aliphatic heterocycles. The molecule has 6 aliphatic carbocycles. The van der Waals surface area contributed by atoms with E-state index in [9.17, 15) is 60.2 Å². The number of alkyl halides is 6. The zero-order chi connectivity index (χ0) is 69.6. The zero-order valence-electron chi connectivity index (χ0n) is 55.6. The largest absolute Gasteiger partial charge is 0.481 e. The highest BCUT2D eigenvalue weighted by atomic mass is 35.5. The number of carboxylic acids is 1. The summed E-state index contributed by atoms with van der Waals surface area (Å²) < 4.78 is 109. The second-order valence-corrected chi connectivity index (χ2v) is 31.4. The molecule has 2 spiro atoms. The summed E-state index contributed by atoms with van der Waals surface area (Å²) in [6.45, 7) is 17.9. The van der Waals surface area contributed by atoms with E-state index in [1.54, 1.807) is 20.8 Å². The Morgan fingerprint density at radius 3 is 1.36 bits per heavy atom. The van der Waals surface area contributed by atoms with Gasteiger partial charge in [0.1, 0.15) is 11.2 Å². The van der Waals surface area contributed by atoms with Crippen LogP contribution in [0.1, 0.15) is 197 Å². The normalized spacial score (nSPS) is 24.1. The number of aliphatic carboxylic acids is 1. The van der Waals surface area contributed by atoms with E-state index in [0.717, 1.165) is 41.0 Å². The maximum absolute atomic E-state index is 14.5. The van der Waals surface area contributed by atoms with E-state index in [1.807, 2.05) is 37.8 Å². The van der Waals surface area contributed by atoms with Crippen LogP contribution in [0.2, 0.25) is 10.0 Å². The molecule has 4 atom stereocenters. The lowest BCUT2D eigenvalue weighted by Crippen LogP contribution is -2.46. The number of carbonyl (C=O) groups is 6. The van der Waals surface area contributed by atoms with Crippen LogP contribution in [0.3, 0.4) is 0 Å². The van der Waals surface area contributed by atoms with Crippen molar-refractivity contribution in [3.05, 3.63) is 115 Å². The van der Waals surface area contributed by atoms with Gasteiger partial charge in [0, 0.05) is 60.4 Å². The van der Waals surface area contributed by atoms with E-state index < -0.39 is 64.0 Å². The lowest BCUT2D eigenvalue weighted by molar-refractivity contribution is -0.161. The number of nitrogens with zero attached hydrogens (tertiary/aromatic N) is 5. The molecular weight excluding hydrogens is 1310 g/mol. The quantitative estimate of drug-likeness (QED) is 0.112. The second kappa shape index (κ2) is 26.3. The van der Waals surface area contributed by atoms with E-state index in [1.165, 1.54) is 60.6 Å². The lowest BCUT2D eigenvalue weighted by atomic mass is 9.82. The maximum atomic E-state index is 14.5. The minimum Gasteiger partial charge on any atom is -0.481 e. The van der Waals surface area contributed by atoms with E-state index in [-0.39, 0.29) is 106 Å². The van der Waals surface area contributed by atoms with Crippen molar-refractivity contribution in [2.24, 2.45) is 34.5 Å². The maximum Gasteiger partial charge on any atom is 0.398 e. The number of rotatable bonds is 10. The molecule has 25 heteroatoms. The van der Waals surface area contributed by atoms with Gasteiger partial charge in [-0.2, -0.15) is 45.9 Å². The van der Waals surface area contributed by atoms with Gasteiger partial charge >= 0.3 is 30.3 Å². The van der Waals surface area contributed by atoms with Gasteiger partial charge in [0.25, 0.3) is 11.8 Å². The number of ether oxygens (including phenoxy) is 4. The smallest absolute Gasteiger partial charge is 0.398 e. The van der Waals surface area contributed by atoms with Crippen LogP contribution < -0.4 is 5.32 Å². The number of carboxylic acid groups (broad SMARTS) is 1. The van der Waals surface area contributed by atoms with Crippen LogP contribution in [0, 0.1) is 34.5 Å². The predicted molar refractivity (Wildman–Crippen MR) is 347 cm³/mol. The van der Waals surface area contributed by atoms with Crippen LogP contribution >= 0.6 is 23.2 Å². The number of carbonyl (C=O) groups excluding carboxylic acids is 5.